The van der Waals surface area contributed by atoms with Crippen molar-refractivity contribution in [2.45, 2.75) is 18.9 Å². The number of allylic oxidation sites excluding steroid dienone is 2. The molecule has 1 aliphatic carbocycles. The molecule has 0 aromatic carbocycles. The van der Waals surface area contributed by atoms with Crippen LogP contribution in [0.1, 0.15) is 12.8 Å². The summed E-state index contributed by atoms with van der Waals surface area (Å²) in [4.78, 5) is 5.73. The van der Waals surface area contributed by atoms with Gasteiger partial charge in [-0.1, -0.05) is 11.8 Å². The molecule has 3 heteroatoms. The van der Waals surface area contributed by atoms with E-state index in [9.17, 15) is 0 Å². The average Bonchev–Trinajstić information content (AvgIpc) is 2.61. The molecular formula is C10H9NOS. The Morgan fingerprint density at radius 1 is 1.54 bits per heavy atom. The SMILES string of the molecule is C1=COC2=C(C1)C[C@H]1N=CSC1=C2. The van der Waals surface area contributed by atoms with Gasteiger partial charge in [0, 0.05) is 4.91 Å². The lowest BCUT2D eigenvalue weighted by Gasteiger charge is -2.22. The zero-order valence-electron chi connectivity index (χ0n) is 7.06. The fourth-order valence-corrected chi connectivity index (χ4v) is 2.58. The van der Waals surface area contributed by atoms with Gasteiger partial charge in [0.15, 0.2) is 0 Å². The number of ether oxygens (including phenoxy) is 1. The fourth-order valence-electron chi connectivity index (χ4n) is 1.78. The molecule has 3 aliphatic rings. The summed E-state index contributed by atoms with van der Waals surface area (Å²) in [5, 5.41) is 0. The maximum atomic E-state index is 5.44. The van der Waals surface area contributed by atoms with Crippen LogP contribution in [0.25, 0.3) is 0 Å². The van der Waals surface area contributed by atoms with E-state index in [2.05, 4.69) is 17.1 Å². The summed E-state index contributed by atoms with van der Waals surface area (Å²) in [6.07, 6.45) is 8.02. The molecule has 2 aliphatic heterocycles. The molecule has 0 aromatic heterocycles. The van der Waals surface area contributed by atoms with Crippen LogP contribution in [0, 0.1) is 0 Å². The molecule has 66 valence electrons. The molecule has 0 saturated carbocycles. The Kier molecular flexibility index (Phi) is 1.59. The third kappa shape index (κ3) is 1.15. The highest BCUT2D eigenvalue weighted by molar-refractivity contribution is 8.15. The van der Waals surface area contributed by atoms with E-state index in [1.807, 2.05) is 5.55 Å². The molecule has 0 fully saturated rings. The second-order valence-corrected chi connectivity index (χ2v) is 4.22. The van der Waals surface area contributed by atoms with Crippen molar-refractivity contribution < 1.29 is 4.74 Å². The largest absolute Gasteiger partial charge is 0.465 e. The van der Waals surface area contributed by atoms with E-state index in [1.165, 1.54) is 10.5 Å². The maximum absolute atomic E-state index is 5.44. The molecule has 13 heavy (non-hydrogen) atoms. The monoisotopic (exact) mass is 191 g/mol. The van der Waals surface area contributed by atoms with Gasteiger partial charge in [0.1, 0.15) is 5.76 Å². The third-order valence-electron chi connectivity index (χ3n) is 2.48. The summed E-state index contributed by atoms with van der Waals surface area (Å²) >= 11 is 1.71. The van der Waals surface area contributed by atoms with Crippen molar-refractivity contribution in [2.75, 3.05) is 0 Å². The number of hydrogen-bond donors (Lipinski definition) is 0. The highest BCUT2D eigenvalue weighted by Gasteiger charge is 2.26. The van der Waals surface area contributed by atoms with Crippen molar-refractivity contribution in [3.8, 4) is 0 Å². The summed E-state index contributed by atoms with van der Waals surface area (Å²) in [6, 6.07) is 0.388. The zero-order valence-corrected chi connectivity index (χ0v) is 7.88. The summed E-state index contributed by atoms with van der Waals surface area (Å²) < 4.78 is 5.44. The van der Waals surface area contributed by atoms with Gasteiger partial charge in [-0.25, -0.2) is 0 Å². The van der Waals surface area contributed by atoms with Crippen LogP contribution in [0.2, 0.25) is 0 Å². The Morgan fingerprint density at radius 2 is 2.54 bits per heavy atom. The van der Waals surface area contributed by atoms with Crippen molar-refractivity contribution in [3.05, 3.63) is 34.7 Å². The predicted octanol–water partition coefficient (Wildman–Crippen LogP) is 2.61. The van der Waals surface area contributed by atoms with Crippen molar-refractivity contribution in [3.63, 3.8) is 0 Å². The van der Waals surface area contributed by atoms with E-state index in [0.717, 1.165) is 18.6 Å². The smallest absolute Gasteiger partial charge is 0.126 e. The van der Waals surface area contributed by atoms with Gasteiger partial charge in [-0.3, -0.25) is 4.99 Å². The second-order valence-electron chi connectivity index (χ2n) is 3.30. The highest BCUT2D eigenvalue weighted by Crippen LogP contribution is 2.38. The molecule has 0 radical (unpaired) electrons. The van der Waals surface area contributed by atoms with Crippen molar-refractivity contribution in [2.24, 2.45) is 4.99 Å². The Bertz CT molecular complexity index is 365. The van der Waals surface area contributed by atoms with Gasteiger partial charge in [0.05, 0.1) is 17.9 Å². The van der Waals surface area contributed by atoms with Gasteiger partial charge in [-0.15, -0.1) is 0 Å². The number of thioether (sulfide) groups is 1. The minimum Gasteiger partial charge on any atom is -0.465 e. The maximum Gasteiger partial charge on any atom is 0.126 e. The molecule has 0 saturated heterocycles. The molecular weight excluding hydrogens is 182 g/mol. The minimum absolute atomic E-state index is 0.388. The van der Waals surface area contributed by atoms with Crippen molar-refractivity contribution >= 4 is 17.3 Å². The Labute approximate surface area is 81.1 Å². The third-order valence-corrected chi connectivity index (χ3v) is 3.36. The quantitative estimate of drug-likeness (QED) is 0.587. The number of nitrogens with zero attached hydrogens (tertiary/aromatic N) is 1. The summed E-state index contributed by atoms with van der Waals surface area (Å²) in [6.45, 7) is 0. The van der Waals surface area contributed by atoms with Gasteiger partial charge in [0.2, 0.25) is 0 Å². The molecule has 0 N–H and O–H groups in total. The molecule has 3 rings (SSSR count). The van der Waals surface area contributed by atoms with Crippen LogP contribution in [-0.4, -0.2) is 11.6 Å². The first-order valence-corrected chi connectivity index (χ1v) is 5.25. The van der Waals surface area contributed by atoms with Gasteiger partial charge in [-0.2, -0.15) is 0 Å². The van der Waals surface area contributed by atoms with Gasteiger partial charge >= 0.3 is 0 Å². The van der Waals surface area contributed by atoms with E-state index in [1.54, 1.807) is 18.0 Å². The van der Waals surface area contributed by atoms with Crippen LogP contribution >= 0.6 is 11.8 Å². The fraction of sp³-hybridized carbons (Fsp3) is 0.300. The van der Waals surface area contributed by atoms with Crippen LogP contribution in [-0.2, 0) is 4.74 Å². The van der Waals surface area contributed by atoms with Crippen LogP contribution < -0.4 is 0 Å². The second kappa shape index (κ2) is 2.77. The van der Waals surface area contributed by atoms with E-state index in [-0.39, 0.29) is 0 Å². The number of rotatable bonds is 0. The number of aliphatic imine (C=N–C) groups is 1. The molecule has 0 aromatic rings. The Hall–Kier alpha value is -0.960. The lowest BCUT2D eigenvalue weighted by Crippen LogP contribution is -2.12. The van der Waals surface area contributed by atoms with Gasteiger partial charge < -0.3 is 4.74 Å². The topological polar surface area (TPSA) is 21.6 Å². The molecule has 0 spiro atoms. The summed E-state index contributed by atoms with van der Waals surface area (Å²) in [7, 11) is 0. The van der Waals surface area contributed by atoms with E-state index in [0.29, 0.717) is 6.04 Å². The Balaban J connectivity index is 1.97. The molecule has 0 bridgehead atoms. The molecule has 0 unspecified atom stereocenters. The van der Waals surface area contributed by atoms with E-state index < -0.39 is 0 Å². The number of fused-ring (bicyclic) bond motifs is 1. The van der Waals surface area contributed by atoms with Gasteiger partial charge in [0.25, 0.3) is 0 Å². The van der Waals surface area contributed by atoms with Crippen LogP contribution in [0.15, 0.2) is 39.6 Å². The Morgan fingerprint density at radius 3 is 3.54 bits per heavy atom. The van der Waals surface area contributed by atoms with Crippen LogP contribution in [0.3, 0.4) is 0 Å². The standard InChI is InChI=1S/C10H9NOS/c1-2-7-4-8-10(13-6-11-8)5-9(7)12-3-1/h1,3,5-6,8H,2,4H2/t8-/m1/s1. The number of hydrogen-bond acceptors (Lipinski definition) is 3. The van der Waals surface area contributed by atoms with Crippen molar-refractivity contribution in [1.82, 2.24) is 0 Å². The van der Waals surface area contributed by atoms with Gasteiger partial charge in [-0.05, 0) is 30.6 Å². The first-order chi connectivity index (χ1) is 6.43. The summed E-state index contributed by atoms with van der Waals surface area (Å²) in [5.74, 6) is 1.05. The lowest BCUT2D eigenvalue weighted by molar-refractivity contribution is 0.345. The van der Waals surface area contributed by atoms with Crippen molar-refractivity contribution in [1.29, 1.82) is 0 Å². The zero-order chi connectivity index (χ0) is 8.67. The van der Waals surface area contributed by atoms with E-state index >= 15 is 0 Å². The van der Waals surface area contributed by atoms with Crippen LogP contribution in [0.5, 0.6) is 0 Å². The highest BCUT2D eigenvalue weighted by atomic mass is 32.2. The predicted molar refractivity (Wildman–Crippen MR) is 54.4 cm³/mol. The molecule has 0 amide bonds. The van der Waals surface area contributed by atoms with Crippen LogP contribution in [0.4, 0.5) is 0 Å². The first kappa shape index (κ1) is 7.44. The average molecular weight is 191 g/mol. The normalized spacial score (nSPS) is 29.5. The summed E-state index contributed by atoms with van der Waals surface area (Å²) in [5.41, 5.74) is 3.32. The molecule has 1 atom stereocenters. The molecule has 2 heterocycles. The first-order valence-electron chi connectivity index (χ1n) is 4.37. The van der Waals surface area contributed by atoms with E-state index in [4.69, 9.17) is 4.74 Å². The lowest BCUT2D eigenvalue weighted by atomic mass is 9.96. The minimum atomic E-state index is 0.388. The molecule has 2 nitrogen and oxygen atoms in total.